The van der Waals surface area contributed by atoms with Gasteiger partial charge in [0.15, 0.2) is 0 Å². The Balaban J connectivity index is 2.08. The Hall–Kier alpha value is -0.170. The van der Waals surface area contributed by atoms with Gasteiger partial charge < -0.3 is 10.1 Å². The number of morpholine rings is 1. The average molecular weight is 262 g/mol. The normalized spacial score (nSPS) is 33.8. The van der Waals surface area contributed by atoms with E-state index in [9.17, 15) is 8.42 Å². The maximum atomic E-state index is 12.5. The predicted octanol–water partition coefficient (Wildman–Crippen LogP) is 0.177. The van der Waals surface area contributed by atoms with E-state index in [2.05, 4.69) is 5.32 Å². The topological polar surface area (TPSA) is 58.6 Å². The molecule has 2 rings (SSSR count). The number of nitrogens with zero attached hydrogens (tertiary/aromatic N) is 1. The minimum absolute atomic E-state index is 0.00441. The minimum atomic E-state index is -3.14. The standard InChI is InChI=1S/C11H22N2O3S/c1-9-7-13(8-10(2)16-9)17(14,15)11-3-5-12-6-4-11/h9-12H,3-8H2,1-2H3. The fourth-order valence-corrected chi connectivity index (χ4v) is 4.73. The largest absolute Gasteiger partial charge is 0.373 e. The molecule has 0 amide bonds. The Labute approximate surface area is 104 Å². The van der Waals surface area contributed by atoms with Gasteiger partial charge in [0.25, 0.3) is 0 Å². The fraction of sp³-hybridized carbons (Fsp3) is 1.00. The molecule has 0 radical (unpaired) electrons. The molecule has 2 saturated heterocycles. The Morgan fingerprint density at radius 3 is 2.18 bits per heavy atom. The highest BCUT2D eigenvalue weighted by Gasteiger charge is 2.36. The Kier molecular flexibility index (Phi) is 4.07. The summed E-state index contributed by atoms with van der Waals surface area (Å²) in [6, 6.07) is 0. The van der Waals surface area contributed by atoms with Gasteiger partial charge in [0.1, 0.15) is 0 Å². The first-order valence-electron chi connectivity index (χ1n) is 6.35. The third kappa shape index (κ3) is 2.99. The Morgan fingerprint density at radius 2 is 1.65 bits per heavy atom. The van der Waals surface area contributed by atoms with Crippen molar-refractivity contribution in [3.05, 3.63) is 0 Å². The Morgan fingerprint density at radius 1 is 1.12 bits per heavy atom. The zero-order valence-electron chi connectivity index (χ0n) is 10.6. The van der Waals surface area contributed by atoms with Crippen LogP contribution in [0, 0.1) is 0 Å². The van der Waals surface area contributed by atoms with Crippen LogP contribution in [0.5, 0.6) is 0 Å². The molecular formula is C11H22N2O3S. The summed E-state index contributed by atoms with van der Waals surface area (Å²) in [6.45, 7) is 6.47. The van der Waals surface area contributed by atoms with Crippen LogP contribution in [0.25, 0.3) is 0 Å². The van der Waals surface area contributed by atoms with Gasteiger partial charge in [0.05, 0.1) is 17.5 Å². The van der Waals surface area contributed by atoms with Gasteiger partial charge in [0.2, 0.25) is 10.0 Å². The maximum Gasteiger partial charge on any atom is 0.217 e. The van der Waals surface area contributed by atoms with E-state index in [1.54, 1.807) is 4.31 Å². The highest BCUT2D eigenvalue weighted by molar-refractivity contribution is 7.89. The molecule has 2 atom stereocenters. The second-order valence-electron chi connectivity index (χ2n) is 5.07. The number of hydrogen-bond acceptors (Lipinski definition) is 4. The number of sulfonamides is 1. The van der Waals surface area contributed by atoms with Crippen molar-refractivity contribution in [3.63, 3.8) is 0 Å². The summed E-state index contributed by atoms with van der Waals surface area (Å²) in [5.41, 5.74) is 0. The molecule has 2 unspecified atom stereocenters. The van der Waals surface area contributed by atoms with Crippen LogP contribution >= 0.6 is 0 Å². The fourth-order valence-electron chi connectivity index (χ4n) is 2.64. The van der Waals surface area contributed by atoms with Crippen LogP contribution in [0.2, 0.25) is 0 Å². The number of rotatable bonds is 2. The zero-order valence-corrected chi connectivity index (χ0v) is 11.4. The molecule has 100 valence electrons. The summed E-state index contributed by atoms with van der Waals surface area (Å²) >= 11 is 0. The third-order valence-corrected chi connectivity index (χ3v) is 5.79. The molecule has 2 aliphatic rings. The first kappa shape index (κ1) is 13.3. The van der Waals surface area contributed by atoms with Crippen LogP contribution < -0.4 is 5.32 Å². The van der Waals surface area contributed by atoms with Crippen molar-refractivity contribution in [1.29, 1.82) is 0 Å². The van der Waals surface area contributed by atoms with Crippen molar-refractivity contribution in [3.8, 4) is 0 Å². The molecule has 5 nitrogen and oxygen atoms in total. The summed E-state index contributed by atoms with van der Waals surface area (Å²) in [6.07, 6.45) is 1.44. The van der Waals surface area contributed by atoms with Gasteiger partial charge >= 0.3 is 0 Å². The summed E-state index contributed by atoms with van der Waals surface area (Å²) in [5, 5.41) is 2.99. The van der Waals surface area contributed by atoms with E-state index in [1.807, 2.05) is 13.8 Å². The van der Waals surface area contributed by atoms with E-state index >= 15 is 0 Å². The van der Waals surface area contributed by atoms with Gasteiger partial charge in [-0.1, -0.05) is 0 Å². The van der Waals surface area contributed by atoms with Crippen LogP contribution in [0.4, 0.5) is 0 Å². The molecule has 17 heavy (non-hydrogen) atoms. The number of piperidine rings is 1. The van der Waals surface area contributed by atoms with Crippen molar-refractivity contribution in [1.82, 2.24) is 9.62 Å². The van der Waals surface area contributed by atoms with Crippen LogP contribution in [0.3, 0.4) is 0 Å². The van der Waals surface area contributed by atoms with Crippen molar-refractivity contribution >= 4 is 10.0 Å². The molecule has 2 fully saturated rings. The lowest BCUT2D eigenvalue weighted by Crippen LogP contribution is -2.52. The number of hydrogen-bond donors (Lipinski definition) is 1. The highest BCUT2D eigenvalue weighted by atomic mass is 32.2. The van der Waals surface area contributed by atoms with Crippen molar-refractivity contribution in [2.75, 3.05) is 26.2 Å². The molecule has 0 aliphatic carbocycles. The SMILES string of the molecule is CC1CN(S(=O)(=O)C2CCNCC2)CC(C)O1. The third-order valence-electron chi connectivity index (χ3n) is 3.45. The minimum Gasteiger partial charge on any atom is -0.373 e. The van der Waals surface area contributed by atoms with E-state index in [1.165, 1.54) is 0 Å². The number of ether oxygens (including phenoxy) is 1. The predicted molar refractivity (Wildman–Crippen MR) is 66.4 cm³/mol. The van der Waals surface area contributed by atoms with Crippen LogP contribution in [0.15, 0.2) is 0 Å². The van der Waals surface area contributed by atoms with E-state index in [4.69, 9.17) is 4.74 Å². The Bertz CT molecular complexity index is 342. The smallest absolute Gasteiger partial charge is 0.217 e. The molecule has 1 N–H and O–H groups in total. The monoisotopic (exact) mass is 262 g/mol. The lowest BCUT2D eigenvalue weighted by atomic mass is 10.2. The maximum absolute atomic E-state index is 12.5. The quantitative estimate of drug-likeness (QED) is 0.771. The summed E-state index contributed by atoms with van der Waals surface area (Å²) in [4.78, 5) is 0. The molecule has 0 spiro atoms. The van der Waals surface area contributed by atoms with Crippen molar-refractivity contribution in [2.24, 2.45) is 0 Å². The average Bonchev–Trinajstić information content (AvgIpc) is 2.29. The van der Waals surface area contributed by atoms with Gasteiger partial charge in [-0.3, -0.25) is 0 Å². The van der Waals surface area contributed by atoms with Gasteiger partial charge in [-0.25, -0.2) is 8.42 Å². The highest BCUT2D eigenvalue weighted by Crippen LogP contribution is 2.22. The van der Waals surface area contributed by atoms with E-state index < -0.39 is 10.0 Å². The van der Waals surface area contributed by atoms with Crippen molar-refractivity contribution in [2.45, 2.75) is 44.1 Å². The first-order valence-corrected chi connectivity index (χ1v) is 7.85. The van der Waals surface area contributed by atoms with Crippen molar-refractivity contribution < 1.29 is 13.2 Å². The molecule has 0 bridgehead atoms. The molecular weight excluding hydrogens is 240 g/mol. The van der Waals surface area contributed by atoms with Gasteiger partial charge in [-0.05, 0) is 39.8 Å². The lowest BCUT2D eigenvalue weighted by molar-refractivity contribution is -0.0443. The second kappa shape index (κ2) is 5.22. The lowest BCUT2D eigenvalue weighted by Gasteiger charge is -2.37. The van der Waals surface area contributed by atoms with Gasteiger partial charge in [-0.15, -0.1) is 0 Å². The zero-order chi connectivity index (χ0) is 12.5. The van der Waals surface area contributed by atoms with Crippen LogP contribution in [-0.2, 0) is 14.8 Å². The molecule has 0 aromatic carbocycles. The molecule has 0 aromatic heterocycles. The molecule has 2 heterocycles. The van der Waals surface area contributed by atoms with Crippen LogP contribution in [-0.4, -0.2) is 56.4 Å². The number of nitrogens with one attached hydrogen (secondary N) is 1. The van der Waals surface area contributed by atoms with Gasteiger partial charge in [-0.2, -0.15) is 4.31 Å². The second-order valence-corrected chi connectivity index (χ2v) is 7.28. The van der Waals surface area contributed by atoms with Crippen LogP contribution in [0.1, 0.15) is 26.7 Å². The van der Waals surface area contributed by atoms with E-state index in [0.717, 1.165) is 25.9 Å². The molecule has 0 aromatic rings. The van der Waals surface area contributed by atoms with E-state index in [0.29, 0.717) is 13.1 Å². The summed E-state index contributed by atoms with van der Waals surface area (Å²) in [5.74, 6) is 0. The van der Waals surface area contributed by atoms with Gasteiger partial charge in [0, 0.05) is 13.1 Å². The van der Waals surface area contributed by atoms with E-state index in [-0.39, 0.29) is 17.5 Å². The first-order chi connectivity index (χ1) is 8.00. The molecule has 6 heteroatoms. The summed E-state index contributed by atoms with van der Waals surface area (Å²) < 4.78 is 32.2. The molecule has 2 aliphatic heterocycles. The molecule has 0 saturated carbocycles. The summed E-state index contributed by atoms with van der Waals surface area (Å²) in [7, 11) is -3.14.